The van der Waals surface area contributed by atoms with Crippen LogP contribution in [0.4, 0.5) is 0 Å². The predicted molar refractivity (Wildman–Crippen MR) is 66.2 cm³/mol. The van der Waals surface area contributed by atoms with Crippen LogP contribution in [0, 0.1) is 0 Å². The predicted octanol–water partition coefficient (Wildman–Crippen LogP) is 1.34. The SMILES string of the molecule is COC(=O)C(Cc1ccc(OC)cc1)N(C)C. The van der Waals surface area contributed by atoms with E-state index < -0.39 is 0 Å². The maximum absolute atomic E-state index is 11.6. The second-order valence-electron chi connectivity index (χ2n) is 4.05. The highest BCUT2D eigenvalue weighted by molar-refractivity contribution is 5.76. The number of carbonyl (C=O) groups excluding carboxylic acids is 1. The molecule has 0 N–H and O–H groups in total. The summed E-state index contributed by atoms with van der Waals surface area (Å²) in [5.74, 6) is 0.596. The van der Waals surface area contributed by atoms with Crippen molar-refractivity contribution in [3.8, 4) is 5.75 Å². The van der Waals surface area contributed by atoms with Crippen LogP contribution in [0.15, 0.2) is 24.3 Å². The fraction of sp³-hybridized carbons (Fsp3) is 0.462. The average molecular weight is 237 g/mol. The van der Waals surface area contributed by atoms with E-state index in [0.29, 0.717) is 6.42 Å². The Morgan fingerprint density at radius 1 is 1.24 bits per heavy atom. The lowest BCUT2D eigenvalue weighted by Gasteiger charge is -2.21. The molecule has 0 aliphatic heterocycles. The number of likely N-dealkylation sites (N-methyl/N-ethyl adjacent to an activating group) is 1. The zero-order valence-electron chi connectivity index (χ0n) is 10.8. The zero-order chi connectivity index (χ0) is 12.8. The van der Waals surface area contributed by atoms with Crippen molar-refractivity contribution in [2.24, 2.45) is 0 Å². The van der Waals surface area contributed by atoms with Crippen LogP contribution in [-0.2, 0) is 16.0 Å². The quantitative estimate of drug-likeness (QED) is 0.724. The third-order valence-corrected chi connectivity index (χ3v) is 2.68. The Morgan fingerprint density at radius 3 is 2.24 bits per heavy atom. The molecular weight excluding hydrogens is 218 g/mol. The molecule has 0 bridgehead atoms. The summed E-state index contributed by atoms with van der Waals surface area (Å²) in [5, 5.41) is 0. The first kappa shape index (κ1) is 13.5. The minimum atomic E-state index is -0.256. The van der Waals surface area contributed by atoms with Gasteiger partial charge in [0, 0.05) is 0 Å². The second-order valence-corrected chi connectivity index (χ2v) is 4.05. The van der Waals surface area contributed by atoms with Crippen molar-refractivity contribution < 1.29 is 14.3 Å². The van der Waals surface area contributed by atoms with Crippen LogP contribution in [0.1, 0.15) is 5.56 Å². The van der Waals surface area contributed by atoms with Gasteiger partial charge in [-0.1, -0.05) is 12.1 Å². The molecule has 0 saturated carbocycles. The first-order valence-electron chi connectivity index (χ1n) is 5.45. The van der Waals surface area contributed by atoms with Crippen molar-refractivity contribution in [2.75, 3.05) is 28.3 Å². The van der Waals surface area contributed by atoms with Crippen molar-refractivity contribution in [1.29, 1.82) is 0 Å². The monoisotopic (exact) mass is 237 g/mol. The highest BCUT2D eigenvalue weighted by Gasteiger charge is 2.21. The highest BCUT2D eigenvalue weighted by atomic mass is 16.5. The number of benzene rings is 1. The van der Waals surface area contributed by atoms with Crippen molar-refractivity contribution in [3.63, 3.8) is 0 Å². The van der Waals surface area contributed by atoms with Gasteiger partial charge in [0.2, 0.25) is 0 Å². The summed E-state index contributed by atoms with van der Waals surface area (Å²) in [7, 11) is 6.77. The summed E-state index contributed by atoms with van der Waals surface area (Å²) in [6.45, 7) is 0. The third-order valence-electron chi connectivity index (χ3n) is 2.68. The van der Waals surface area contributed by atoms with E-state index in [4.69, 9.17) is 9.47 Å². The summed E-state index contributed by atoms with van der Waals surface area (Å²) < 4.78 is 9.87. The normalized spacial score (nSPS) is 12.3. The van der Waals surface area contributed by atoms with Gasteiger partial charge in [-0.3, -0.25) is 9.69 Å². The Morgan fingerprint density at radius 2 is 1.82 bits per heavy atom. The molecule has 0 saturated heterocycles. The van der Waals surface area contributed by atoms with Gasteiger partial charge in [-0.2, -0.15) is 0 Å². The third kappa shape index (κ3) is 3.75. The standard InChI is InChI=1S/C13H19NO3/c1-14(2)12(13(15)17-4)9-10-5-7-11(16-3)8-6-10/h5-8,12H,9H2,1-4H3. The Balaban J connectivity index is 2.75. The molecule has 0 heterocycles. The van der Waals surface area contributed by atoms with E-state index in [1.165, 1.54) is 7.11 Å². The van der Waals surface area contributed by atoms with E-state index in [2.05, 4.69) is 0 Å². The van der Waals surface area contributed by atoms with Gasteiger partial charge in [0.25, 0.3) is 0 Å². The molecule has 94 valence electrons. The van der Waals surface area contributed by atoms with Crippen molar-refractivity contribution in [2.45, 2.75) is 12.5 Å². The van der Waals surface area contributed by atoms with Gasteiger partial charge < -0.3 is 9.47 Å². The fourth-order valence-electron chi connectivity index (χ4n) is 1.60. The molecule has 1 aromatic carbocycles. The highest BCUT2D eigenvalue weighted by Crippen LogP contribution is 2.14. The minimum Gasteiger partial charge on any atom is -0.497 e. The van der Waals surface area contributed by atoms with E-state index in [1.54, 1.807) is 7.11 Å². The number of nitrogens with zero attached hydrogens (tertiary/aromatic N) is 1. The number of methoxy groups -OCH3 is 2. The Hall–Kier alpha value is -1.55. The van der Waals surface area contributed by atoms with Crippen molar-refractivity contribution in [3.05, 3.63) is 29.8 Å². The molecule has 4 heteroatoms. The summed E-state index contributed by atoms with van der Waals surface area (Å²) in [6.07, 6.45) is 0.629. The summed E-state index contributed by atoms with van der Waals surface area (Å²) in [6, 6.07) is 7.43. The molecule has 1 unspecified atom stereocenters. The van der Waals surface area contributed by atoms with Crippen LogP contribution in [-0.4, -0.2) is 45.2 Å². The Labute approximate surface area is 102 Å². The lowest BCUT2D eigenvalue weighted by molar-refractivity contribution is -0.145. The summed E-state index contributed by atoms with van der Waals surface area (Å²) in [4.78, 5) is 13.4. The molecule has 1 atom stereocenters. The van der Waals surface area contributed by atoms with Gasteiger partial charge in [0.15, 0.2) is 0 Å². The average Bonchev–Trinajstić information content (AvgIpc) is 2.35. The van der Waals surface area contributed by atoms with Crippen molar-refractivity contribution in [1.82, 2.24) is 4.90 Å². The van der Waals surface area contributed by atoms with E-state index in [0.717, 1.165) is 11.3 Å². The largest absolute Gasteiger partial charge is 0.497 e. The van der Waals surface area contributed by atoms with E-state index in [9.17, 15) is 4.79 Å². The molecule has 0 radical (unpaired) electrons. The van der Waals surface area contributed by atoms with E-state index in [-0.39, 0.29) is 12.0 Å². The van der Waals surface area contributed by atoms with Gasteiger partial charge >= 0.3 is 5.97 Å². The number of hydrogen-bond acceptors (Lipinski definition) is 4. The Kier molecular flexibility index (Phi) is 4.97. The van der Waals surface area contributed by atoms with Gasteiger partial charge in [-0.25, -0.2) is 0 Å². The van der Waals surface area contributed by atoms with Gasteiger partial charge in [0.1, 0.15) is 11.8 Å². The van der Waals surface area contributed by atoms with Crippen LogP contribution in [0.3, 0.4) is 0 Å². The molecule has 1 aromatic rings. The van der Waals surface area contributed by atoms with Crippen molar-refractivity contribution >= 4 is 5.97 Å². The molecule has 0 amide bonds. The molecule has 4 nitrogen and oxygen atoms in total. The first-order chi connectivity index (χ1) is 8.08. The molecule has 1 rings (SSSR count). The van der Waals surface area contributed by atoms with Crippen LogP contribution in [0.5, 0.6) is 5.75 Å². The molecule has 0 aromatic heterocycles. The fourth-order valence-corrected chi connectivity index (χ4v) is 1.60. The molecular formula is C13H19NO3. The number of esters is 1. The number of carbonyl (C=O) groups is 1. The lowest BCUT2D eigenvalue weighted by atomic mass is 10.1. The molecule has 17 heavy (non-hydrogen) atoms. The topological polar surface area (TPSA) is 38.8 Å². The summed E-state index contributed by atoms with van der Waals surface area (Å²) >= 11 is 0. The van der Waals surface area contributed by atoms with Gasteiger partial charge in [-0.15, -0.1) is 0 Å². The van der Waals surface area contributed by atoms with Crippen LogP contribution < -0.4 is 4.74 Å². The van der Waals surface area contributed by atoms with E-state index >= 15 is 0 Å². The number of hydrogen-bond donors (Lipinski definition) is 0. The van der Waals surface area contributed by atoms with Crippen LogP contribution in [0.25, 0.3) is 0 Å². The lowest BCUT2D eigenvalue weighted by Crippen LogP contribution is -2.38. The van der Waals surface area contributed by atoms with E-state index in [1.807, 2.05) is 43.3 Å². The second kappa shape index (κ2) is 6.25. The molecule has 0 aliphatic rings. The van der Waals surface area contributed by atoms with Gasteiger partial charge in [-0.05, 0) is 38.2 Å². The maximum atomic E-state index is 11.6. The smallest absolute Gasteiger partial charge is 0.323 e. The first-order valence-corrected chi connectivity index (χ1v) is 5.45. The Bertz CT molecular complexity index is 359. The molecule has 0 spiro atoms. The molecule has 0 fully saturated rings. The molecule has 0 aliphatic carbocycles. The van der Waals surface area contributed by atoms with Gasteiger partial charge in [0.05, 0.1) is 14.2 Å². The van der Waals surface area contributed by atoms with Crippen LogP contribution in [0.2, 0.25) is 0 Å². The number of rotatable bonds is 5. The zero-order valence-corrected chi connectivity index (χ0v) is 10.8. The number of ether oxygens (including phenoxy) is 2. The minimum absolute atomic E-state index is 0.217. The van der Waals surface area contributed by atoms with Crippen LogP contribution >= 0.6 is 0 Å². The summed E-state index contributed by atoms with van der Waals surface area (Å²) in [5.41, 5.74) is 1.08. The maximum Gasteiger partial charge on any atom is 0.323 e.